The Bertz CT molecular complexity index is 473. The molecule has 0 fully saturated rings. The van der Waals surface area contributed by atoms with E-state index in [1.54, 1.807) is 19.5 Å². The van der Waals surface area contributed by atoms with E-state index in [0.29, 0.717) is 13.2 Å². The second-order valence-electron chi connectivity index (χ2n) is 3.97. The summed E-state index contributed by atoms with van der Waals surface area (Å²) in [5.41, 5.74) is 2.46. The zero-order valence-corrected chi connectivity index (χ0v) is 10.5. The predicted octanol–water partition coefficient (Wildman–Crippen LogP) is 1.91. The van der Waals surface area contributed by atoms with E-state index in [-0.39, 0.29) is 0 Å². The van der Waals surface area contributed by atoms with Crippen LogP contribution in [0.2, 0.25) is 0 Å². The first-order valence-electron chi connectivity index (χ1n) is 5.92. The van der Waals surface area contributed by atoms with E-state index >= 15 is 0 Å². The Balaban J connectivity index is 1.90. The fourth-order valence-electron chi connectivity index (χ4n) is 1.76. The molecule has 0 aliphatic carbocycles. The summed E-state index contributed by atoms with van der Waals surface area (Å²) >= 11 is 0. The summed E-state index contributed by atoms with van der Waals surface area (Å²) in [5, 5.41) is 3.34. The Morgan fingerprint density at radius 1 is 1.00 bits per heavy atom. The van der Waals surface area contributed by atoms with E-state index in [1.165, 1.54) is 11.1 Å². The largest absolute Gasteiger partial charge is 0.380 e. The highest BCUT2D eigenvalue weighted by Crippen LogP contribution is 2.09. The number of benzene rings is 1. The summed E-state index contributed by atoms with van der Waals surface area (Å²) in [6.45, 7) is 2.10. The van der Waals surface area contributed by atoms with Crippen LogP contribution in [0.1, 0.15) is 17.0 Å². The van der Waals surface area contributed by atoms with Gasteiger partial charge >= 0.3 is 0 Å². The summed E-state index contributed by atoms with van der Waals surface area (Å²) in [4.78, 5) is 8.34. The average Bonchev–Trinajstić information content (AvgIpc) is 2.42. The molecular weight excluding hydrogens is 226 g/mol. The van der Waals surface area contributed by atoms with Crippen LogP contribution in [0.4, 0.5) is 0 Å². The molecule has 4 heteroatoms. The van der Waals surface area contributed by atoms with Gasteiger partial charge in [0.15, 0.2) is 0 Å². The fourth-order valence-corrected chi connectivity index (χ4v) is 1.76. The SMILES string of the molecule is COCc1ccccc1CNCc1ncccn1. The highest BCUT2D eigenvalue weighted by molar-refractivity contribution is 5.26. The van der Waals surface area contributed by atoms with E-state index in [2.05, 4.69) is 27.4 Å². The van der Waals surface area contributed by atoms with Gasteiger partial charge in [-0.15, -0.1) is 0 Å². The van der Waals surface area contributed by atoms with Gasteiger partial charge in [-0.2, -0.15) is 0 Å². The van der Waals surface area contributed by atoms with Gasteiger partial charge in [0.2, 0.25) is 0 Å². The Kier molecular flexibility index (Phi) is 4.81. The molecule has 1 heterocycles. The number of nitrogens with zero attached hydrogens (tertiary/aromatic N) is 2. The molecule has 0 unspecified atom stereocenters. The van der Waals surface area contributed by atoms with Gasteiger partial charge in [0, 0.05) is 26.0 Å². The normalized spacial score (nSPS) is 10.5. The van der Waals surface area contributed by atoms with Gasteiger partial charge in [0.05, 0.1) is 13.2 Å². The first kappa shape index (κ1) is 12.7. The lowest BCUT2D eigenvalue weighted by atomic mass is 10.1. The van der Waals surface area contributed by atoms with Gasteiger partial charge in [-0.3, -0.25) is 0 Å². The summed E-state index contributed by atoms with van der Waals surface area (Å²) in [6.07, 6.45) is 3.51. The standard InChI is InChI=1S/C14H17N3O/c1-18-11-13-6-3-2-5-12(13)9-15-10-14-16-7-4-8-17-14/h2-8,15H,9-11H2,1H3. The van der Waals surface area contributed by atoms with Crippen LogP contribution in [0.25, 0.3) is 0 Å². The van der Waals surface area contributed by atoms with Crippen LogP contribution in [0.5, 0.6) is 0 Å². The predicted molar refractivity (Wildman–Crippen MR) is 69.7 cm³/mol. The molecule has 94 valence electrons. The van der Waals surface area contributed by atoms with Crippen LogP contribution in [0, 0.1) is 0 Å². The van der Waals surface area contributed by atoms with Gasteiger partial charge in [-0.1, -0.05) is 24.3 Å². The quantitative estimate of drug-likeness (QED) is 0.842. The first-order chi connectivity index (χ1) is 8.90. The topological polar surface area (TPSA) is 47.0 Å². The van der Waals surface area contributed by atoms with Crippen LogP contribution in [-0.4, -0.2) is 17.1 Å². The summed E-state index contributed by atoms with van der Waals surface area (Å²) in [7, 11) is 1.71. The van der Waals surface area contributed by atoms with Crippen molar-refractivity contribution in [3.63, 3.8) is 0 Å². The van der Waals surface area contributed by atoms with E-state index in [4.69, 9.17) is 4.74 Å². The minimum absolute atomic E-state index is 0.639. The molecule has 0 amide bonds. The molecule has 18 heavy (non-hydrogen) atoms. The monoisotopic (exact) mass is 243 g/mol. The van der Waals surface area contributed by atoms with Crippen LogP contribution in [0.15, 0.2) is 42.7 Å². The highest BCUT2D eigenvalue weighted by Gasteiger charge is 2.01. The lowest BCUT2D eigenvalue weighted by Gasteiger charge is -2.09. The van der Waals surface area contributed by atoms with E-state index < -0.39 is 0 Å². The van der Waals surface area contributed by atoms with Crippen LogP contribution in [0.3, 0.4) is 0 Å². The van der Waals surface area contributed by atoms with Crippen molar-refractivity contribution in [2.75, 3.05) is 7.11 Å². The second-order valence-corrected chi connectivity index (χ2v) is 3.97. The molecule has 1 N–H and O–H groups in total. The molecule has 0 saturated carbocycles. The third-order valence-corrected chi connectivity index (χ3v) is 2.64. The molecule has 1 aromatic carbocycles. The molecule has 0 aliphatic rings. The molecule has 0 bridgehead atoms. The number of aromatic nitrogens is 2. The van der Waals surface area contributed by atoms with Crippen molar-refractivity contribution < 1.29 is 4.74 Å². The third kappa shape index (κ3) is 3.61. The maximum Gasteiger partial charge on any atom is 0.141 e. The van der Waals surface area contributed by atoms with Crippen molar-refractivity contribution in [3.05, 3.63) is 59.7 Å². The number of methoxy groups -OCH3 is 1. The van der Waals surface area contributed by atoms with Crippen molar-refractivity contribution in [2.45, 2.75) is 19.7 Å². The van der Waals surface area contributed by atoms with Gasteiger partial charge in [0.1, 0.15) is 5.82 Å². The number of rotatable bonds is 6. The molecule has 1 aromatic heterocycles. The van der Waals surface area contributed by atoms with Crippen molar-refractivity contribution >= 4 is 0 Å². The van der Waals surface area contributed by atoms with E-state index in [1.807, 2.05) is 18.2 Å². The zero-order valence-electron chi connectivity index (χ0n) is 10.5. The van der Waals surface area contributed by atoms with Crippen LogP contribution >= 0.6 is 0 Å². The van der Waals surface area contributed by atoms with Gasteiger partial charge < -0.3 is 10.1 Å². The molecule has 0 saturated heterocycles. The molecule has 2 aromatic rings. The molecule has 0 spiro atoms. The van der Waals surface area contributed by atoms with Crippen LogP contribution in [-0.2, 0) is 24.4 Å². The summed E-state index contributed by atoms with van der Waals surface area (Å²) in [6, 6.07) is 10.1. The minimum atomic E-state index is 0.639. The summed E-state index contributed by atoms with van der Waals surface area (Å²) in [5.74, 6) is 0.807. The zero-order chi connectivity index (χ0) is 12.6. The van der Waals surface area contributed by atoms with Crippen molar-refractivity contribution in [3.8, 4) is 0 Å². The molecule has 0 atom stereocenters. The van der Waals surface area contributed by atoms with Gasteiger partial charge in [0.25, 0.3) is 0 Å². The van der Waals surface area contributed by atoms with Crippen molar-refractivity contribution in [2.24, 2.45) is 0 Å². The molecular formula is C14H17N3O. The molecule has 2 rings (SSSR count). The average molecular weight is 243 g/mol. The number of nitrogens with one attached hydrogen (secondary N) is 1. The number of ether oxygens (including phenoxy) is 1. The minimum Gasteiger partial charge on any atom is -0.380 e. The highest BCUT2D eigenvalue weighted by atomic mass is 16.5. The van der Waals surface area contributed by atoms with Crippen molar-refractivity contribution in [1.29, 1.82) is 0 Å². The smallest absolute Gasteiger partial charge is 0.141 e. The van der Waals surface area contributed by atoms with Crippen LogP contribution < -0.4 is 5.32 Å². The lowest BCUT2D eigenvalue weighted by molar-refractivity contribution is 0.184. The molecule has 0 radical (unpaired) electrons. The Labute approximate surface area is 107 Å². The Hall–Kier alpha value is -1.78. The van der Waals surface area contributed by atoms with E-state index in [9.17, 15) is 0 Å². The Morgan fingerprint density at radius 2 is 1.72 bits per heavy atom. The second kappa shape index (κ2) is 6.83. The lowest BCUT2D eigenvalue weighted by Crippen LogP contribution is -2.15. The summed E-state index contributed by atoms with van der Waals surface area (Å²) < 4.78 is 5.18. The van der Waals surface area contributed by atoms with Gasteiger partial charge in [-0.25, -0.2) is 9.97 Å². The molecule has 0 aliphatic heterocycles. The molecule has 4 nitrogen and oxygen atoms in total. The maximum absolute atomic E-state index is 5.18. The number of hydrogen-bond acceptors (Lipinski definition) is 4. The van der Waals surface area contributed by atoms with Gasteiger partial charge in [-0.05, 0) is 17.2 Å². The van der Waals surface area contributed by atoms with Crippen molar-refractivity contribution in [1.82, 2.24) is 15.3 Å². The fraction of sp³-hybridized carbons (Fsp3) is 0.286. The number of hydrogen-bond donors (Lipinski definition) is 1. The third-order valence-electron chi connectivity index (χ3n) is 2.64. The van der Waals surface area contributed by atoms with E-state index in [0.717, 1.165) is 12.4 Å². The first-order valence-corrected chi connectivity index (χ1v) is 5.92. The Morgan fingerprint density at radius 3 is 2.44 bits per heavy atom. The maximum atomic E-state index is 5.18.